The monoisotopic (exact) mass is 699 g/mol. The number of benzene rings is 9. The molecule has 0 aliphatic rings. The van der Waals surface area contributed by atoms with Crippen molar-refractivity contribution in [1.29, 1.82) is 0 Å². The van der Waals surface area contributed by atoms with Crippen molar-refractivity contribution in [2.45, 2.75) is 0 Å². The van der Waals surface area contributed by atoms with Crippen LogP contribution in [-0.4, -0.2) is 13.7 Å². The third-order valence-electron chi connectivity index (χ3n) is 11.6. The van der Waals surface area contributed by atoms with Gasteiger partial charge in [0.15, 0.2) is 0 Å². The zero-order valence-corrected chi connectivity index (χ0v) is 29.9. The molecule has 0 amide bonds. The van der Waals surface area contributed by atoms with E-state index in [-0.39, 0.29) is 0 Å². The van der Waals surface area contributed by atoms with E-state index in [4.69, 9.17) is 0 Å². The minimum atomic E-state index is 1.16. The number of aromatic nitrogens is 3. The highest BCUT2D eigenvalue weighted by atomic mass is 15.0. The van der Waals surface area contributed by atoms with Crippen molar-refractivity contribution in [3.05, 3.63) is 200 Å². The van der Waals surface area contributed by atoms with Gasteiger partial charge in [-0.3, -0.25) is 0 Å². The molecule has 55 heavy (non-hydrogen) atoms. The van der Waals surface area contributed by atoms with Crippen LogP contribution in [0.15, 0.2) is 200 Å². The third kappa shape index (κ3) is 4.32. The summed E-state index contributed by atoms with van der Waals surface area (Å²) in [6, 6.07) is 73.2. The molecular weight excluding hydrogens is 667 g/mol. The molecule has 3 heteroatoms. The van der Waals surface area contributed by atoms with Gasteiger partial charge < -0.3 is 13.7 Å². The molecule has 0 fully saturated rings. The van der Waals surface area contributed by atoms with E-state index >= 15 is 0 Å². The fraction of sp³-hybridized carbons (Fsp3) is 0. The summed E-state index contributed by atoms with van der Waals surface area (Å²) in [6.07, 6.45) is 0. The lowest BCUT2D eigenvalue weighted by Crippen LogP contribution is -1.96. The van der Waals surface area contributed by atoms with E-state index in [9.17, 15) is 0 Å². The summed E-state index contributed by atoms with van der Waals surface area (Å²) in [5.41, 5.74) is 13.2. The SMILES string of the molecule is c1ccc(-n2c3ccccc3c3cc(-c4ccc5c(c4)c4ccc6c(c7ccccc7n6-c6ccccc6)c4n5-c4cccc5ccccc45)ccc32)cc1. The average Bonchev–Trinajstić information content (AvgIpc) is 3.89. The lowest BCUT2D eigenvalue weighted by Gasteiger charge is -2.13. The molecule has 3 nitrogen and oxygen atoms in total. The van der Waals surface area contributed by atoms with Crippen LogP contribution in [0.3, 0.4) is 0 Å². The normalized spacial score (nSPS) is 12.0. The summed E-state index contributed by atoms with van der Waals surface area (Å²) in [6.45, 7) is 0. The van der Waals surface area contributed by atoms with E-state index in [1.165, 1.54) is 98.7 Å². The van der Waals surface area contributed by atoms with E-state index in [0.717, 1.165) is 5.69 Å². The van der Waals surface area contributed by atoms with E-state index in [2.05, 4.69) is 214 Å². The topological polar surface area (TPSA) is 14.8 Å². The first-order chi connectivity index (χ1) is 27.3. The van der Waals surface area contributed by atoms with Crippen LogP contribution < -0.4 is 0 Å². The van der Waals surface area contributed by atoms with Crippen LogP contribution in [0.1, 0.15) is 0 Å². The maximum absolute atomic E-state index is 2.53. The van der Waals surface area contributed by atoms with Gasteiger partial charge in [0.25, 0.3) is 0 Å². The minimum Gasteiger partial charge on any atom is -0.309 e. The highest BCUT2D eigenvalue weighted by Gasteiger charge is 2.22. The number of nitrogens with zero attached hydrogens (tertiary/aromatic N) is 3. The Bertz CT molecular complexity index is 3470. The molecule has 3 aromatic heterocycles. The Morgan fingerprint density at radius 2 is 0.764 bits per heavy atom. The van der Waals surface area contributed by atoms with Gasteiger partial charge in [0.1, 0.15) is 0 Å². The van der Waals surface area contributed by atoms with Crippen molar-refractivity contribution in [3.8, 4) is 28.2 Å². The van der Waals surface area contributed by atoms with E-state index in [1.807, 2.05) is 0 Å². The molecule has 0 unspecified atom stereocenters. The standard InChI is InChI=1S/C52H33N3/c1-3-16-37(17-4-1)53-46-23-11-9-21-40(46)43-32-35(26-29-48(43)53)36-27-30-49-44(33-36)41-28-31-50-51(42-22-10-12-24-47(42)54(50)38-18-5-2-6-19-38)52(41)55(49)45-25-13-15-34-14-7-8-20-39(34)45/h1-33H. The number of para-hydroxylation sites is 4. The number of hydrogen-bond acceptors (Lipinski definition) is 0. The molecular formula is C52H33N3. The molecule has 0 saturated heterocycles. The number of rotatable bonds is 4. The summed E-state index contributed by atoms with van der Waals surface area (Å²) in [5.74, 6) is 0. The van der Waals surface area contributed by atoms with E-state index < -0.39 is 0 Å². The first-order valence-corrected chi connectivity index (χ1v) is 18.9. The highest BCUT2D eigenvalue weighted by Crippen LogP contribution is 2.44. The van der Waals surface area contributed by atoms with Gasteiger partial charge >= 0.3 is 0 Å². The first kappa shape index (κ1) is 30.1. The summed E-state index contributed by atoms with van der Waals surface area (Å²) >= 11 is 0. The van der Waals surface area contributed by atoms with Crippen LogP contribution in [0.5, 0.6) is 0 Å². The zero-order chi connectivity index (χ0) is 36.0. The van der Waals surface area contributed by atoms with Gasteiger partial charge in [0, 0.05) is 49.1 Å². The van der Waals surface area contributed by atoms with Crippen LogP contribution in [-0.2, 0) is 0 Å². The van der Waals surface area contributed by atoms with Crippen LogP contribution in [0, 0.1) is 0 Å². The predicted molar refractivity (Wildman–Crippen MR) is 232 cm³/mol. The molecule has 0 saturated carbocycles. The van der Waals surface area contributed by atoms with Gasteiger partial charge in [-0.1, -0.05) is 127 Å². The second-order valence-corrected chi connectivity index (χ2v) is 14.5. The molecule has 3 heterocycles. The Balaban J connectivity index is 1.17. The van der Waals surface area contributed by atoms with Crippen LogP contribution in [0.4, 0.5) is 0 Å². The summed E-state index contributed by atoms with van der Waals surface area (Å²) in [5, 5.41) is 9.97. The van der Waals surface area contributed by atoms with Crippen LogP contribution >= 0.6 is 0 Å². The second-order valence-electron chi connectivity index (χ2n) is 14.5. The van der Waals surface area contributed by atoms with Crippen LogP contribution in [0.25, 0.3) is 104 Å². The Kier molecular flexibility index (Phi) is 6.34. The molecule has 9 aromatic carbocycles. The van der Waals surface area contributed by atoms with E-state index in [0.29, 0.717) is 0 Å². The molecule has 12 aromatic rings. The molecule has 0 atom stereocenters. The Morgan fingerprint density at radius 1 is 0.273 bits per heavy atom. The van der Waals surface area contributed by atoms with Gasteiger partial charge in [-0.25, -0.2) is 0 Å². The maximum atomic E-state index is 2.53. The molecule has 0 aliphatic carbocycles. The summed E-state index contributed by atoms with van der Waals surface area (Å²) < 4.78 is 7.33. The summed E-state index contributed by atoms with van der Waals surface area (Å²) in [4.78, 5) is 0. The highest BCUT2D eigenvalue weighted by molar-refractivity contribution is 6.27. The van der Waals surface area contributed by atoms with Crippen molar-refractivity contribution in [2.24, 2.45) is 0 Å². The molecule has 256 valence electrons. The predicted octanol–water partition coefficient (Wildman–Crippen LogP) is 13.8. The molecule has 12 rings (SSSR count). The van der Waals surface area contributed by atoms with Crippen molar-refractivity contribution in [1.82, 2.24) is 13.7 Å². The van der Waals surface area contributed by atoms with Gasteiger partial charge in [0.05, 0.1) is 38.8 Å². The van der Waals surface area contributed by atoms with Gasteiger partial charge in [0.2, 0.25) is 0 Å². The number of hydrogen-bond donors (Lipinski definition) is 0. The fourth-order valence-corrected chi connectivity index (χ4v) is 9.26. The van der Waals surface area contributed by atoms with Crippen molar-refractivity contribution in [2.75, 3.05) is 0 Å². The molecule has 0 N–H and O–H groups in total. The smallest absolute Gasteiger partial charge is 0.0641 e. The van der Waals surface area contributed by atoms with Crippen molar-refractivity contribution < 1.29 is 0 Å². The first-order valence-electron chi connectivity index (χ1n) is 18.9. The lowest BCUT2D eigenvalue weighted by molar-refractivity contribution is 1.18. The molecule has 0 aliphatic heterocycles. The Hall–Kier alpha value is -7.36. The van der Waals surface area contributed by atoms with Gasteiger partial charge in [-0.2, -0.15) is 0 Å². The van der Waals surface area contributed by atoms with Crippen molar-refractivity contribution in [3.63, 3.8) is 0 Å². The number of fused-ring (bicyclic) bond motifs is 11. The average molecular weight is 700 g/mol. The quantitative estimate of drug-likeness (QED) is 0.174. The third-order valence-corrected chi connectivity index (χ3v) is 11.6. The maximum Gasteiger partial charge on any atom is 0.0641 e. The van der Waals surface area contributed by atoms with Gasteiger partial charge in [-0.05, 0) is 89.3 Å². The summed E-state index contributed by atoms with van der Waals surface area (Å²) in [7, 11) is 0. The van der Waals surface area contributed by atoms with E-state index in [1.54, 1.807) is 0 Å². The molecule has 0 spiro atoms. The minimum absolute atomic E-state index is 1.16. The Morgan fingerprint density at radius 3 is 1.47 bits per heavy atom. The van der Waals surface area contributed by atoms with Crippen molar-refractivity contribution >= 4 is 76.2 Å². The molecule has 0 bridgehead atoms. The lowest BCUT2D eigenvalue weighted by atomic mass is 10.00. The van der Waals surface area contributed by atoms with Crippen LogP contribution in [0.2, 0.25) is 0 Å². The second kappa shape index (κ2) is 11.6. The zero-order valence-electron chi connectivity index (χ0n) is 29.9. The molecule has 0 radical (unpaired) electrons. The fourth-order valence-electron chi connectivity index (χ4n) is 9.26. The largest absolute Gasteiger partial charge is 0.309 e. The Labute approximate surface area is 317 Å². The van der Waals surface area contributed by atoms with Gasteiger partial charge in [-0.15, -0.1) is 0 Å².